The second-order valence-corrected chi connectivity index (χ2v) is 9.58. The van der Waals surface area contributed by atoms with E-state index in [9.17, 15) is 8.42 Å². The normalized spacial score (nSPS) is 24.4. The fourth-order valence-corrected chi connectivity index (χ4v) is 5.61. The van der Waals surface area contributed by atoms with Gasteiger partial charge in [-0.15, -0.1) is 0 Å². The summed E-state index contributed by atoms with van der Waals surface area (Å²) in [6, 6.07) is 21.7. The van der Waals surface area contributed by atoms with Crippen molar-refractivity contribution in [1.82, 2.24) is 14.1 Å². The molecule has 0 radical (unpaired) electrons. The largest absolute Gasteiger partial charge is 0.294 e. The first-order chi connectivity index (χ1) is 12.9. The summed E-state index contributed by atoms with van der Waals surface area (Å²) in [6.45, 7) is 3.65. The first-order valence-corrected chi connectivity index (χ1v) is 11.3. The molecule has 1 unspecified atom stereocenters. The molecule has 4 rings (SSSR count). The highest BCUT2D eigenvalue weighted by Gasteiger charge is 2.56. The minimum atomic E-state index is -3.11. The molecule has 5 nitrogen and oxygen atoms in total. The first-order valence-electron chi connectivity index (χ1n) is 9.45. The molecule has 0 bridgehead atoms. The quantitative estimate of drug-likeness (QED) is 0.805. The summed E-state index contributed by atoms with van der Waals surface area (Å²) >= 11 is 0. The fraction of sp³-hybridized carbons (Fsp3) is 0.429. The van der Waals surface area contributed by atoms with Gasteiger partial charge in [0.15, 0.2) is 0 Å². The summed E-state index contributed by atoms with van der Waals surface area (Å²) in [5, 5.41) is 0. The first kappa shape index (κ1) is 18.6. The molecule has 0 amide bonds. The average molecular weight is 386 g/mol. The molecule has 144 valence electrons. The standard InChI is InChI=1S/C21H27N3O2S/c1-22-17-20(23-13-15-24(16-14-23)27(2,25)26)21(22,18-9-5-3-6-10-18)19-11-7-4-8-12-19/h3-12,20H,13-17H2,1-2H3. The third-order valence-corrected chi connectivity index (χ3v) is 7.45. The van der Waals surface area contributed by atoms with Crippen molar-refractivity contribution in [3.05, 3.63) is 71.8 Å². The zero-order valence-corrected chi connectivity index (χ0v) is 16.8. The van der Waals surface area contributed by atoms with Gasteiger partial charge in [0.2, 0.25) is 10.0 Å². The number of piperazine rings is 1. The second-order valence-electron chi connectivity index (χ2n) is 7.59. The van der Waals surface area contributed by atoms with Crippen LogP contribution < -0.4 is 0 Å². The maximum Gasteiger partial charge on any atom is 0.211 e. The van der Waals surface area contributed by atoms with Crippen LogP contribution in [-0.4, -0.2) is 74.6 Å². The van der Waals surface area contributed by atoms with Gasteiger partial charge < -0.3 is 0 Å². The molecule has 2 aromatic rings. The van der Waals surface area contributed by atoms with Crippen LogP contribution in [0.25, 0.3) is 0 Å². The van der Waals surface area contributed by atoms with Crippen molar-refractivity contribution >= 4 is 10.0 Å². The molecule has 0 spiro atoms. The molecule has 0 saturated carbocycles. The van der Waals surface area contributed by atoms with Crippen molar-refractivity contribution in [2.24, 2.45) is 0 Å². The van der Waals surface area contributed by atoms with Crippen LogP contribution in [0.3, 0.4) is 0 Å². The average Bonchev–Trinajstić information content (AvgIpc) is 2.67. The smallest absolute Gasteiger partial charge is 0.211 e. The fourth-order valence-electron chi connectivity index (χ4n) is 4.78. The van der Waals surface area contributed by atoms with Gasteiger partial charge >= 0.3 is 0 Å². The van der Waals surface area contributed by atoms with Gasteiger partial charge in [-0.25, -0.2) is 8.42 Å². The predicted molar refractivity (Wildman–Crippen MR) is 108 cm³/mol. The summed E-state index contributed by atoms with van der Waals surface area (Å²) in [5.74, 6) is 0. The highest BCUT2D eigenvalue weighted by atomic mass is 32.2. The van der Waals surface area contributed by atoms with E-state index in [1.54, 1.807) is 4.31 Å². The Hall–Kier alpha value is -1.73. The van der Waals surface area contributed by atoms with E-state index in [0.717, 1.165) is 19.6 Å². The molecular weight excluding hydrogens is 358 g/mol. The van der Waals surface area contributed by atoms with Gasteiger partial charge in [-0.05, 0) is 18.2 Å². The van der Waals surface area contributed by atoms with Crippen molar-refractivity contribution in [3.63, 3.8) is 0 Å². The molecule has 27 heavy (non-hydrogen) atoms. The summed E-state index contributed by atoms with van der Waals surface area (Å²) in [7, 11) is -0.928. The third kappa shape index (κ3) is 3.10. The number of benzene rings is 2. The zero-order chi connectivity index (χ0) is 19.1. The molecule has 2 heterocycles. The van der Waals surface area contributed by atoms with Crippen LogP contribution in [0.5, 0.6) is 0 Å². The molecule has 2 aliphatic rings. The van der Waals surface area contributed by atoms with E-state index in [2.05, 4.69) is 77.5 Å². The van der Waals surface area contributed by atoms with E-state index in [1.165, 1.54) is 17.4 Å². The minimum absolute atomic E-state index is 0.199. The van der Waals surface area contributed by atoms with Crippen LogP contribution in [0.15, 0.2) is 60.7 Å². The summed E-state index contributed by atoms with van der Waals surface area (Å²) in [4.78, 5) is 4.90. The van der Waals surface area contributed by atoms with Gasteiger partial charge in [0.1, 0.15) is 0 Å². The van der Waals surface area contributed by atoms with Crippen LogP contribution in [0.1, 0.15) is 11.1 Å². The van der Waals surface area contributed by atoms with Crippen LogP contribution in [0.2, 0.25) is 0 Å². The monoisotopic (exact) mass is 385 g/mol. The molecule has 2 fully saturated rings. The Labute approximate surface area is 162 Å². The van der Waals surface area contributed by atoms with E-state index < -0.39 is 10.0 Å². The highest BCUT2D eigenvalue weighted by Crippen LogP contribution is 2.47. The van der Waals surface area contributed by atoms with Gasteiger partial charge in [0.25, 0.3) is 0 Å². The van der Waals surface area contributed by atoms with Gasteiger partial charge in [-0.2, -0.15) is 4.31 Å². The lowest BCUT2D eigenvalue weighted by atomic mass is 9.68. The number of rotatable bonds is 4. The van der Waals surface area contributed by atoms with E-state index >= 15 is 0 Å². The van der Waals surface area contributed by atoms with Crippen LogP contribution in [0, 0.1) is 0 Å². The molecule has 0 aromatic heterocycles. The Balaban J connectivity index is 1.69. The number of nitrogens with zero attached hydrogens (tertiary/aromatic N) is 3. The zero-order valence-electron chi connectivity index (χ0n) is 16.0. The van der Waals surface area contributed by atoms with E-state index in [1.807, 2.05) is 0 Å². The Morgan fingerprint density at radius 2 is 1.33 bits per heavy atom. The number of sulfonamides is 1. The molecule has 1 atom stereocenters. The highest BCUT2D eigenvalue weighted by molar-refractivity contribution is 7.88. The Morgan fingerprint density at radius 3 is 1.74 bits per heavy atom. The molecule has 0 N–H and O–H groups in total. The Bertz CT molecular complexity index is 839. The third-order valence-electron chi connectivity index (χ3n) is 6.14. The molecule has 0 aliphatic carbocycles. The molecule has 2 aliphatic heterocycles. The molecule has 2 aromatic carbocycles. The SMILES string of the molecule is CN1CC(N2CCN(S(C)(=O)=O)CC2)C1(c1ccccc1)c1ccccc1. The minimum Gasteiger partial charge on any atom is -0.294 e. The van der Waals surface area contributed by atoms with Crippen molar-refractivity contribution < 1.29 is 8.42 Å². The van der Waals surface area contributed by atoms with Crippen LogP contribution >= 0.6 is 0 Å². The van der Waals surface area contributed by atoms with Crippen molar-refractivity contribution in [2.45, 2.75) is 11.6 Å². The van der Waals surface area contributed by atoms with Gasteiger partial charge in [0, 0.05) is 38.8 Å². The van der Waals surface area contributed by atoms with Gasteiger partial charge in [0.05, 0.1) is 11.8 Å². The number of hydrogen-bond donors (Lipinski definition) is 0. The van der Waals surface area contributed by atoms with E-state index in [4.69, 9.17) is 0 Å². The molecular formula is C21H27N3O2S. The van der Waals surface area contributed by atoms with Crippen LogP contribution in [-0.2, 0) is 15.6 Å². The number of likely N-dealkylation sites (tertiary alicyclic amines) is 1. The van der Waals surface area contributed by atoms with E-state index in [0.29, 0.717) is 19.1 Å². The van der Waals surface area contributed by atoms with Gasteiger partial charge in [-0.1, -0.05) is 60.7 Å². The summed E-state index contributed by atoms with van der Waals surface area (Å²) in [5.41, 5.74) is 2.39. The van der Waals surface area contributed by atoms with E-state index in [-0.39, 0.29) is 5.54 Å². The van der Waals surface area contributed by atoms with Crippen molar-refractivity contribution in [2.75, 3.05) is 46.0 Å². The Morgan fingerprint density at radius 1 is 0.852 bits per heavy atom. The summed E-state index contributed by atoms with van der Waals surface area (Å²) in [6.07, 6.45) is 1.30. The number of likely N-dealkylation sites (N-methyl/N-ethyl adjacent to an activating group) is 1. The van der Waals surface area contributed by atoms with Crippen molar-refractivity contribution in [3.8, 4) is 0 Å². The topological polar surface area (TPSA) is 43.9 Å². The Kier molecular flexibility index (Phi) is 4.84. The number of hydrogen-bond acceptors (Lipinski definition) is 4. The maximum atomic E-state index is 11.9. The van der Waals surface area contributed by atoms with Gasteiger partial charge in [-0.3, -0.25) is 9.80 Å². The van der Waals surface area contributed by atoms with Crippen LogP contribution in [0.4, 0.5) is 0 Å². The summed E-state index contributed by atoms with van der Waals surface area (Å²) < 4.78 is 25.3. The molecule has 6 heteroatoms. The lowest BCUT2D eigenvalue weighted by Gasteiger charge is -2.62. The molecule has 2 saturated heterocycles. The lowest BCUT2D eigenvalue weighted by molar-refractivity contribution is -0.0795. The second kappa shape index (κ2) is 7.02. The lowest BCUT2D eigenvalue weighted by Crippen LogP contribution is -2.74. The predicted octanol–water partition coefficient (Wildman–Crippen LogP) is 1.82. The van der Waals surface area contributed by atoms with Crippen molar-refractivity contribution in [1.29, 1.82) is 0 Å². The maximum absolute atomic E-state index is 11.9.